The Morgan fingerprint density at radius 3 is 2.42 bits per heavy atom. The monoisotopic (exact) mass is 355 g/mol. The molecule has 3 rings (SSSR count). The fraction of sp³-hybridized carbons (Fsp3) is 0.429. The molecule has 138 valence electrons. The minimum Gasteiger partial charge on any atom is -0.381 e. The molecular formula is C21H26FN3O. The smallest absolute Gasteiger partial charge is 0.269 e. The number of nitrogens with one attached hydrogen (secondary N) is 2. The molecule has 0 unspecified atom stereocenters. The summed E-state index contributed by atoms with van der Waals surface area (Å²) in [6, 6.07) is 10.5. The van der Waals surface area contributed by atoms with Gasteiger partial charge in [0.05, 0.1) is 11.9 Å². The number of anilines is 1. The van der Waals surface area contributed by atoms with Gasteiger partial charge in [0.25, 0.3) is 5.91 Å². The first-order valence-corrected chi connectivity index (χ1v) is 9.46. The minimum atomic E-state index is -0.250. The van der Waals surface area contributed by atoms with Crippen molar-refractivity contribution in [2.75, 3.05) is 11.9 Å². The number of halogens is 1. The van der Waals surface area contributed by atoms with Gasteiger partial charge in [0.15, 0.2) is 0 Å². The van der Waals surface area contributed by atoms with Gasteiger partial charge in [0.1, 0.15) is 11.5 Å². The molecule has 0 saturated heterocycles. The van der Waals surface area contributed by atoms with Gasteiger partial charge in [-0.25, -0.2) is 9.37 Å². The van der Waals surface area contributed by atoms with Crippen molar-refractivity contribution in [3.63, 3.8) is 0 Å². The molecule has 1 aliphatic carbocycles. The standard InChI is InChI=1S/C21H26FN3O/c22-17-9-7-16(8-10-17)13-14-23-21(26)20-12-11-19(15-24-20)25-18-5-3-1-2-4-6-18/h7-12,15,18,25H,1-6,13-14H2,(H,23,26). The summed E-state index contributed by atoms with van der Waals surface area (Å²) in [7, 11) is 0. The highest BCUT2D eigenvalue weighted by Gasteiger charge is 2.12. The topological polar surface area (TPSA) is 54.0 Å². The number of aromatic nitrogens is 1. The van der Waals surface area contributed by atoms with Crippen LogP contribution in [0.4, 0.5) is 10.1 Å². The lowest BCUT2D eigenvalue weighted by Crippen LogP contribution is -2.26. The lowest BCUT2D eigenvalue weighted by atomic mass is 10.1. The average Bonchev–Trinajstić information content (AvgIpc) is 2.92. The highest BCUT2D eigenvalue weighted by molar-refractivity contribution is 5.92. The molecule has 4 nitrogen and oxygen atoms in total. The molecule has 2 N–H and O–H groups in total. The molecule has 0 bridgehead atoms. The Labute approximate surface area is 154 Å². The average molecular weight is 355 g/mol. The Balaban J connectivity index is 1.46. The summed E-state index contributed by atoms with van der Waals surface area (Å²) in [4.78, 5) is 16.5. The van der Waals surface area contributed by atoms with Gasteiger partial charge in [-0.1, -0.05) is 37.8 Å². The molecule has 1 aliphatic rings. The number of benzene rings is 1. The van der Waals surface area contributed by atoms with Gasteiger partial charge in [-0.3, -0.25) is 4.79 Å². The van der Waals surface area contributed by atoms with E-state index in [0.29, 0.717) is 24.7 Å². The van der Waals surface area contributed by atoms with E-state index in [9.17, 15) is 9.18 Å². The van der Waals surface area contributed by atoms with E-state index in [-0.39, 0.29) is 11.7 Å². The Morgan fingerprint density at radius 1 is 1.04 bits per heavy atom. The van der Waals surface area contributed by atoms with Gasteiger partial charge in [0.2, 0.25) is 0 Å². The summed E-state index contributed by atoms with van der Waals surface area (Å²) in [6.07, 6.45) is 10.0. The van der Waals surface area contributed by atoms with Crippen molar-refractivity contribution >= 4 is 11.6 Å². The van der Waals surface area contributed by atoms with Crippen LogP contribution >= 0.6 is 0 Å². The first-order valence-electron chi connectivity index (χ1n) is 9.46. The highest BCUT2D eigenvalue weighted by atomic mass is 19.1. The van der Waals surface area contributed by atoms with E-state index in [1.165, 1.54) is 50.7 Å². The zero-order valence-electron chi connectivity index (χ0n) is 15.0. The molecule has 1 aromatic heterocycles. The summed E-state index contributed by atoms with van der Waals surface area (Å²) in [5.74, 6) is -0.437. The summed E-state index contributed by atoms with van der Waals surface area (Å²) < 4.78 is 12.9. The third-order valence-corrected chi connectivity index (χ3v) is 4.83. The van der Waals surface area contributed by atoms with Crippen molar-refractivity contribution in [2.24, 2.45) is 0 Å². The van der Waals surface area contributed by atoms with Crippen LogP contribution in [0.25, 0.3) is 0 Å². The molecule has 0 atom stereocenters. The minimum absolute atomic E-state index is 0.187. The Bertz CT molecular complexity index is 692. The number of pyridine rings is 1. The predicted molar refractivity (Wildman–Crippen MR) is 102 cm³/mol. The predicted octanol–water partition coefficient (Wildman–Crippen LogP) is 4.33. The van der Waals surface area contributed by atoms with Crippen LogP contribution in [0.5, 0.6) is 0 Å². The van der Waals surface area contributed by atoms with Crippen LogP contribution in [0.15, 0.2) is 42.6 Å². The second kappa shape index (κ2) is 9.32. The Hall–Kier alpha value is -2.43. The molecule has 1 aromatic carbocycles. The lowest BCUT2D eigenvalue weighted by Gasteiger charge is -2.17. The van der Waals surface area contributed by atoms with Crippen LogP contribution < -0.4 is 10.6 Å². The number of amides is 1. The van der Waals surface area contributed by atoms with Crippen molar-refractivity contribution in [1.82, 2.24) is 10.3 Å². The summed E-state index contributed by atoms with van der Waals surface area (Å²) >= 11 is 0. The Kier molecular flexibility index (Phi) is 6.58. The molecular weight excluding hydrogens is 329 g/mol. The molecule has 1 saturated carbocycles. The lowest BCUT2D eigenvalue weighted by molar-refractivity contribution is 0.0949. The van der Waals surface area contributed by atoms with Gasteiger partial charge >= 0.3 is 0 Å². The number of hydrogen-bond acceptors (Lipinski definition) is 3. The molecule has 5 heteroatoms. The van der Waals surface area contributed by atoms with Crippen LogP contribution in [0.2, 0.25) is 0 Å². The third-order valence-electron chi connectivity index (χ3n) is 4.83. The largest absolute Gasteiger partial charge is 0.381 e. The Morgan fingerprint density at radius 2 is 1.77 bits per heavy atom. The van der Waals surface area contributed by atoms with E-state index in [1.807, 2.05) is 6.07 Å². The molecule has 2 aromatic rings. The molecule has 0 aliphatic heterocycles. The van der Waals surface area contributed by atoms with Gasteiger partial charge in [-0.05, 0) is 49.1 Å². The number of nitrogens with zero attached hydrogens (tertiary/aromatic N) is 1. The first-order chi connectivity index (χ1) is 12.7. The van der Waals surface area contributed by atoms with Crippen molar-refractivity contribution in [1.29, 1.82) is 0 Å². The van der Waals surface area contributed by atoms with Crippen LogP contribution in [-0.4, -0.2) is 23.5 Å². The van der Waals surface area contributed by atoms with E-state index in [2.05, 4.69) is 15.6 Å². The van der Waals surface area contributed by atoms with Crippen molar-refractivity contribution in [2.45, 2.75) is 51.0 Å². The maximum atomic E-state index is 12.9. The van der Waals surface area contributed by atoms with E-state index >= 15 is 0 Å². The molecule has 1 fully saturated rings. The molecule has 0 spiro atoms. The van der Waals surface area contributed by atoms with E-state index < -0.39 is 0 Å². The first kappa shape index (κ1) is 18.4. The number of carbonyl (C=O) groups is 1. The second-order valence-corrected chi connectivity index (χ2v) is 6.90. The van der Waals surface area contributed by atoms with Crippen LogP contribution in [0, 0.1) is 5.82 Å². The third kappa shape index (κ3) is 5.55. The van der Waals surface area contributed by atoms with Crippen molar-refractivity contribution in [3.05, 3.63) is 59.7 Å². The fourth-order valence-electron chi connectivity index (χ4n) is 3.33. The van der Waals surface area contributed by atoms with Gasteiger partial charge in [0, 0.05) is 12.6 Å². The van der Waals surface area contributed by atoms with Gasteiger partial charge in [-0.15, -0.1) is 0 Å². The fourth-order valence-corrected chi connectivity index (χ4v) is 3.33. The van der Waals surface area contributed by atoms with Crippen molar-refractivity contribution in [3.8, 4) is 0 Å². The molecule has 1 amide bonds. The van der Waals surface area contributed by atoms with E-state index in [1.54, 1.807) is 24.4 Å². The van der Waals surface area contributed by atoms with Gasteiger partial charge < -0.3 is 10.6 Å². The maximum absolute atomic E-state index is 12.9. The summed E-state index contributed by atoms with van der Waals surface area (Å²) in [5.41, 5.74) is 2.37. The maximum Gasteiger partial charge on any atom is 0.269 e. The number of hydrogen-bond donors (Lipinski definition) is 2. The van der Waals surface area contributed by atoms with Crippen LogP contribution in [0.1, 0.15) is 54.6 Å². The quantitative estimate of drug-likeness (QED) is 0.759. The van der Waals surface area contributed by atoms with Crippen LogP contribution in [0.3, 0.4) is 0 Å². The molecule has 1 heterocycles. The molecule has 0 radical (unpaired) electrons. The SMILES string of the molecule is O=C(NCCc1ccc(F)cc1)c1ccc(NC2CCCCCC2)cn1. The van der Waals surface area contributed by atoms with E-state index in [4.69, 9.17) is 0 Å². The number of rotatable bonds is 6. The molecule has 26 heavy (non-hydrogen) atoms. The second-order valence-electron chi connectivity index (χ2n) is 6.90. The summed E-state index contributed by atoms with van der Waals surface area (Å²) in [5, 5.41) is 6.39. The highest BCUT2D eigenvalue weighted by Crippen LogP contribution is 2.20. The zero-order chi connectivity index (χ0) is 18.2. The van der Waals surface area contributed by atoms with E-state index in [0.717, 1.165) is 11.3 Å². The van der Waals surface area contributed by atoms with Crippen LogP contribution in [-0.2, 0) is 6.42 Å². The summed E-state index contributed by atoms with van der Waals surface area (Å²) in [6.45, 7) is 0.494. The normalized spacial score (nSPS) is 15.3. The number of carbonyl (C=O) groups excluding carboxylic acids is 1. The zero-order valence-corrected chi connectivity index (χ0v) is 15.0. The van der Waals surface area contributed by atoms with Gasteiger partial charge in [-0.2, -0.15) is 0 Å². The van der Waals surface area contributed by atoms with Crippen molar-refractivity contribution < 1.29 is 9.18 Å².